The molecule has 3 heterocycles. The molecule has 0 unspecified atom stereocenters. The van der Waals surface area contributed by atoms with Crippen molar-refractivity contribution in [1.82, 2.24) is 15.0 Å². The molecule has 132 valence electrons. The van der Waals surface area contributed by atoms with Crippen molar-refractivity contribution in [3.63, 3.8) is 0 Å². The van der Waals surface area contributed by atoms with Gasteiger partial charge in [0.05, 0.1) is 11.8 Å². The number of nitrogens with zero attached hydrogens (tertiary/aromatic N) is 4. The first kappa shape index (κ1) is 16.4. The second kappa shape index (κ2) is 6.35. The zero-order chi connectivity index (χ0) is 17.4. The van der Waals surface area contributed by atoms with Gasteiger partial charge >= 0.3 is 0 Å². The van der Waals surface area contributed by atoms with Crippen LogP contribution in [0.1, 0.15) is 48.8 Å². The van der Waals surface area contributed by atoms with Crippen LogP contribution in [-0.2, 0) is 5.60 Å². The molecule has 6 nitrogen and oxygen atoms in total. The van der Waals surface area contributed by atoms with Gasteiger partial charge in [-0.3, -0.25) is 4.98 Å². The summed E-state index contributed by atoms with van der Waals surface area (Å²) in [6, 6.07) is 7.73. The number of anilines is 1. The summed E-state index contributed by atoms with van der Waals surface area (Å²) < 4.78 is 0. The standard InChI is InChI=1S/C19H24N4O2/c1-13-21-16(14-10-15(24)11-14)12-18(22-13)23-8-5-19(25,6-9-23)17-4-2-3-7-20-17/h2-4,7,12,14-15,24-25H,5-6,8-11H2,1H3. The number of aliphatic hydroxyl groups is 2. The van der Waals surface area contributed by atoms with E-state index in [1.807, 2.05) is 25.1 Å². The summed E-state index contributed by atoms with van der Waals surface area (Å²) in [6.07, 6.45) is 4.37. The summed E-state index contributed by atoms with van der Waals surface area (Å²) in [4.78, 5) is 15.7. The Morgan fingerprint density at radius 2 is 1.92 bits per heavy atom. The Bertz CT molecular complexity index is 738. The number of hydrogen-bond donors (Lipinski definition) is 2. The summed E-state index contributed by atoms with van der Waals surface area (Å²) in [5, 5.41) is 20.5. The molecule has 0 aromatic carbocycles. The van der Waals surface area contributed by atoms with Gasteiger partial charge in [0.15, 0.2) is 0 Å². The predicted octanol–water partition coefficient (Wildman–Crippen LogP) is 1.91. The minimum Gasteiger partial charge on any atom is -0.393 e. The normalized spacial score (nSPS) is 25.5. The number of aryl methyl sites for hydroxylation is 1. The number of pyridine rings is 1. The van der Waals surface area contributed by atoms with Crippen LogP contribution in [0.5, 0.6) is 0 Å². The maximum atomic E-state index is 10.9. The molecule has 0 radical (unpaired) electrons. The number of piperidine rings is 1. The van der Waals surface area contributed by atoms with E-state index in [-0.39, 0.29) is 6.10 Å². The summed E-state index contributed by atoms with van der Waals surface area (Å²) in [7, 11) is 0. The van der Waals surface area contributed by atoms with Gasteiger partial charge in [-0.05, 0) is 44.7 Å². The van der Waals surface area contributed by atoms with Gasteiger partial charge in [0.2, 0.25) is 0 Å². The maximum Gasteiger partial charge on any atom is 0.132 e. The van der Waals surface area contributed by atoms with Crippen LogP contribution in [0.3, 0.4) is 0 Å². The Morgan fingerprint density at radius 3 is 2.56 bits per heavy atom. The Morgan fingerprint density at radius 1 is 1.16 bits per heavy atom. The lowest BCUT2D eigenvalue weighted by Gasteiger charge is -2.39. The lowest BCUT2D eigenvalue weighted by molar-refractivity contribution is 0.00747. The minimum absolute atomic E-state index is 0.188. The molecule has 2 aromatic heterocycles. The molecule has 0 atom stereocenters. The summed E-state index contributed by atoms with van der Waals surface area (Å²) >= 11 is 0. The Labute approximate surface area is 147 Å². The third-order valence-corrected chi connectivity index (χ3v) is 5.43. The quantitative estimate of drug-likeness (QED) is 0.888. The van der Waals surface area contributed by atoms with Gasteiger partial charge < -0.3 is 15.1 Å². The Kier molecular flexibility index (Phi) is 4.17. The van der Waals surface area contributed by atoms with E-state index in [1.54, 1.807) is 6.20 Å². The average molecular weight is 340 g/mol. The van der Waals surface area contributed by atoms with Crippen LogP contribution in [0, 0.1) is 6.92 Å². The fourth-order valence-electron chi connectivity index (χ4n) is 3.77. The first-order chi connectivity index (χ1) is 12.0. The van der Waals surface area contributed by atoms with E-state index < -0.39 is 5.60 Å². The number of aliphatic hydroxyl groups excluding tert-OH is 1. The van der Waals surface area contributed by atoms with E-state index >= 15 is 0 Å². The van der Waals surface area contributed by atoms with Crippen LogP contribution in [-0.4, -0.2) is 44.4 Å². The molecule has 6 heteroatoms. The zero-order valence-corrected chi connectivity index (χ0v) is 14.5. The largest absolute Gasteiger partial charge is 0.393 e. The molecular formula is C19H24N4O2. The van der Waals surface area contributed by atoms with E-state index in [0.717, 1.165) is 49.0 Å². The Balaban J connectivity index is 1.49. The third kappa shape index (κ3) is 3.24. The molecule has 2 fully saturated rings. The van der Waals surface area contributed by atoms with Gasteiger partial charge in [-0.25, -0.2) is 9.97 Å². The number of rotatable bonds is 3. The van der Waals surface area contributed by atoms with Crippen molar-refractivity contribution in [3.05, 3.63) is 47.7 Å². The van der Waals surface area contributed by atoms with Gasteiger partial charge in [0.1, 0.15) is 17.2 Å². The average Bonchev–Trinajstić information content (AvgIpc) is 2.60. The molecule has 2 N–H and O–H groups in total. The topological polar surface area (TPSA) is 82.4 Å². The highest BCUT2D eigenvalue weighted by molar-refractivity contribution is 5.42. The second-order valence-electron chi connectivity index (χ2n) is 7.25. The highest BCUT2D eigenvalue weighted by Crippen LogP contribution is 2.38. The minimum atomic E-state index is -0.860. The highest BCUT2D eigenvalue weighted by atomic mass is 16.3. The van der Waals surface area contributed by atoms with Gasteiger partial charge in [-0.15, -0.1) is 0 Å². The van der Waals surface area contributed by atoms with Crippen LogP contribution >= 0.6 is 0 Å². The van der Waals surface area contributed by atoms with E-state index in [0.29, 0.717) is 18.8 Å². The molecule has 0 spiro atoms. The van der Waals surface area contributed by atoms with Crippen molar-refractivity contribution >= 4 is 5.82 Å². The van der Waals surface area contributed by atoms with Crippen LogP contribution in [0.4, 0.5) is 5.82 Å². The molecule has 0 bridgehead atoms. The van der Waals surface area contributed by atoms with Gasteiger partial charge in [0.25, 0.3) is 0 Å². The second-order valence-corrected chi connectivity index (χ2v) is 7.25. The smallest absolute Gasteiger partial charge is 0.132 e. The molecule has 25 heavy (non-hydrogen) atoms. The fourth-order valence-corrected chi connectivity index (χ4v) is 3.77. The summed E-state index contributed by atoms with van der Waals surface area (Å²) in [5.74, 6) is 2.03. The van der Waals surface area contributed by atoms with Crippen LogP contribution in [0.2, 0.25) is 0 Å². The molecule has 1 saturated carbocycles. The maximum absolute atomic E-state index is 10.9. The fraction of sp³-hybridized carbons (Fsp3) is 0.526. The van der Waals surface area contributed by atoms with E-state index in [4.69, 9.17) is 0 Å². The summed E-state index contributed by atoms with van der Waals surface area (Å²) in [5.41, 5.74) is 0.914. The molecule has 2 aliphatic rings. The zero-order valence-electron chi connectivity index (χ0n) is 14.5. The lowest BCUT2D eigenvalue weighted by atomic mass is 9.80. The lowest BCUT2D eigenvalue weighted by Crippen LogP contribution is -2.43. The van der Waals surface area contributed by atoms with Gasteiger partial charge in [0, 0.05) is 37.0 Å². The molecule has 1 saturated heterocycles. The van der Waals surface area contributed by atoms with Crippen molar-refractivity contribution in [2.45, 2.75) is 50.2 Å². The van der Waals surface area contributed by atoms with Crippen molar-refractivity contribution in [2.75, 3.05) is 18.0 Å². The predicted molar refractivity (Wildman–Crippen MR) is 94.3 cm³/mol. The van der Waals surface area contributed by atoms with Crippen LogP contribution in [0.15, 0.2) is 30.5 Å². The van der Waals surface area contributed by atoms with Crippen LogP contribution < -0.4 is 4.90 Å². The van der Waals surface area contributed by atoms with Gasteiger partial charge in [-0.1, -0.05) is 6.07 Å². The van der Waals surface area contributed by atoms with Crippen molar-refractivity contribution in [1.29, 1.82) is 0 Å². The molecule has 1 aliphatic carbocycles. The monoisotopic (exact) mass is 340 g/mol. The van der Waals surface area contributed by atoms with Crippen LogP contribution in [0.25, 0.3) is 0 Å². The van der Waals surface area contributed by atoms with Gasteiger partial charge in [-0.2, -0.15) is 0 Å². The first-order valence-corrected chi connectivity index (χ1v) is 8.96. The number of aromatic nitrogens is 3. The molecular weight excluding hydrogens is 316 g/mol. The first-order valence-electron chi connectivity index (χ1n) is 8.96. The molecule has 4 rings (SSSR count). The summed E-state index contributed by atoms with van der Waals surface area (Å²) in [6.45, 7) is 3.38. The number of hydrogen-bond acceptors (Lipinski definition) is 6. The van der Waals surface area contributed by atoms with E-state index in [9.17, 15) is 10.2 Å². The molecule has 2 aromatic rings. The van der Waals surface area contributed by atoms with Crippen molar-refractivity contribution in [2.24, 2.45) is 0 Å². The van der Waals surface area contributed by atoms with E-state index in [2.05, 4.69) is 25.9 Å². The Hall–Kier alpha value is -2.05. The molecule has 0 amide bonds. The van der Waals surface area contributed by atoms with Crippen molar-refractivity contribution < 1.29 is 10.2 Å². The highest BCUT2D eigenvalue weighted by Gasteiger charge is 2.36. The third-order valence-electron chi connectivity index (χ3n) is 5.43. The SMILES string of the molecule is Cc1nc(C2CC(O)C2)cc(N2CCC(O)(c3ccccn3)CC2)n1. The molecule has 1 aliphatic heterocycles. The van der Waals surface area contributed by atoms with Crippen molar-refractivity contribution in [3.8, 4) is 0 Å². The van der Waals surface area contributed by atoms with E-state index in [1.165, 1.54) is 0 Å².